The summed E-state index contributed by atoms with van der Waals surface area (Å²) >= 11 is 1.47. The van der Waals surface area contributed by atoms with E-state index in [9.17, 15) is 14.7 Å². The number of ether oxygens (including phenoxy) is 1. The van der Waals surface area contributed by atoms with Gasteiger partial charge in [-0.15, -0.1) is 11.3 Å². The lowest BCUT2D eigenvalue weighted by molar-refractivity contribution is -0.146. The van der Waals surface area contributed by atoms with Crippen molar-refractivity contribution in [3.05, 3.63) is 16.3 Å². The van der Waals surface area contributed by atoms with E-state index in [1.807, 2.05) is 0 Å². The van der Waals surface area contributed by atoms with Gasteiger partial charge in [0.15, 0.2) is 5.82 Å². The number of nitrogens with zero attached hydrogens (tertiary/aromatic N) is 2. The molecule has 0 spiro atoms. The molecular formula is C20H21N3O5S. The van der Waals surface area contributed by atoms with Gasteiger partial charge in [-0.25, -0.2) is 0 Å². The van der Waals surface area contributed by atoms with Gasteiger partial charge < -0.3 is 19.7 Å². The lowest BCUT2D eigenvalue weighted by Crippen LogP contribution is -2.30. The van der Waals surface area contributed by atoms with E-state index in [1.54, 1.807) is 0 Å². The van der Waals surface area contributed by atoms with Crippen molar-refractivity contribution in [2.75, 3.05) is 11.9 Å². The van der Waals surface area contributed by atoms with Gasteiger partial charge in [0.1, 0.15) is 5.00 Å². The van der Waals surface area contributed by atoms with E-state index in [1.165, 1.54) is 11.3 Å². The van der Waals surface area contributed by atoms with Crippen molar-refractivity contribution in [3.8, 4) is 11.5 Å². The van der Waals surface area contributed by atoms with Crippen LogP contribution in [0, 0.1) is 10.8 Å². The highest BCUT2D eigenvalue weighted by atomic mass is 32.1. The third-order valence-corrected chi connectivity index (χ3v) is 8.21. The molecule has 3 heterocycles. The normalized spacial score (nSPS) is 29.9. The minimum Gasteiger partial charge on any atom is -0.481 e. The molecule has 2 N–H and O–H groups in total. The zero-order valence-corrected chi connectivity index (χ0v) is 16.6. The largest absolute Gasteiger partial charge is 0.481 e. The standard InChI is InChI=1S/C20H21N3O5S/c24-17(19-5-1-6-20(19,9-19)18(25)26)22-16-13(11-4-7-27-8-12(11)29-16)15-21-14(23-28-15)10-2-3-10/h10H,1-9H2,(H,22,24)(H,25,26)/t19-,20+/m0/s1. The van der Waals surface area contributed by atoms with Crippen LogP contribution in [0.1, 0.15) is 60.7 Å². The fourth-order valence-electron chi connectivity index (χ4n) is 5.23. The number of thiophene rings is 1. The number of amides is 1. The van der Waals surface area contributed by atoms with Gasteiger partial charge >= 0.3 is 5.97 Å². The first-order valence-electron chi connectivity index (χ1n) is 10.2. The van der Waals surface area contributed by atoms with Gasteiger partial charge in [0, 0.05) is 10.8 Å². The molecule has 8 nitrogen and oxygen atoms in total. The minimum absolute atomic E-state index is 0.194. The van der Waals surface area contributed by atoms with E-state index in [0.717, 1.165) is 47.5 Å². The van der Waals surface area contributed by atoms with Gasteiger partial charge in [-0.3, -0.25) is 9.59 Å². The predicted molar refractivity (Wildman–Crippen MR) is 103 cm³/mol. The SMILES string of the molecule is O=C(O)[C@]12CCC[C@@]1(C(=O)Nc1sc3c(c1-c1nc(C4CC4)no1)CCOC3)C2. The molecular weight excluding hydrogens is 394 g/mol. The van der Waals surface area contributed by atoms with Crippen LogP contribution in [0.25, 0.3) is 11.5 Å². The van der Waals surface area contributed by atoms with Crippen LogP contribution < -0.4 is 5.32 Å². The maximum absolute atomic E-state index is 13.2. The molecule has 1 aliphatic heterocycles. The molecule has 0 bridgehead atoms. The first-order valence-corrected chi connectivity index (χ1v) is 11.0. The number of hydrogen-bond donors (Lipinski definition) is 2. The molecule has 2 aromatic rings. The van der Waals surface area contributed by atoms with Gasteiger partial charge in [-0.05, 0) is 44.1 Å². The molecule has 6 rings (SSSR count). The number of carbonyl (C=O) groups is 2. The van der Waals surface area contributed by atoms with Gasteiger partial charge in [0.25, 0.3) is 5.89 Å². The van der Waals surface area contributed by atoms with Crippen LogP contribution in [-0.2, 0) is 27.4 Å². The van der Waals surface area contributed by atoms with E-state index in [2.05, 4.69) is 15.5 Å². The first kappa shape index (κ1) is 17.6. The number of rotatable bonds is 5. The number of carboxylic acids is 1. The van der Waals surface area contributed by atoms with E-state index < -0.39 is 16.8 Å². The monoisotopic (exact) mass is 415 g/mol. The van der Waals surface area contributed by atoms with Crippen molar-refractivity contribution < 1.29 is 24.0 Å². The minimum atomic E-state index is -0.888. The van der Waals surface area contributed by atoms with Crippen molar-refractivity contribution in [2.45, 2.75) is 57.5 Å². The summed E-state index contributed by atoms with van der Waals surface area (Å²) < 4.78 is 11.2. The van der Waals surface area contributed by atoms with Crippen LogP contribution in [-0.4, -0.2) is 33.7 Å². The zero-order valence-electron chi connectivity index (χ0n) is 15.8. The summed E-state index contributed by atoms with van der Waals surface area (Å²) in [5.74, 6) is 0.496. The number of nitrogens with one attached hydrogen (secondary N) is 1. The average molecular weight is 415 g/mol. The van der Waals surface area contributed by atoms with Crippen LogP contribution in [0.5, 0.6) is 0 Å². The number of carbonyl (C=O) groups excluding carboxylic acids is 1. The van der Waals surface area contributed by atoms with Crippen molar-refractivity contribution in [1.29, 1.82) is 0 Å². The number of aromatic nitrogens is 2. The number of fused-ring (bicyclic) bond motifs is 2. The summed E-state index contributed by atoms with van der Waals surface area (Å²) in [6.45, 7) is 1.11. The molecule has 2 atom stereocenters. The molecule has 1 amide bonds. The van der Waals surface area contributed by atoms with Crippen molar-refractivity contribution in [1.82, 2.24) is 10.1 Å². The molecule has 29 heavy (non-hydrogen) atoms. The Hall–Kier alpha value is -2.26. The Kier molecular flexibility index (Phi) is 3.57. The fourth-order valence-corrected chi connectivity index (χ4v) is 6.40. The Morgan fingerprint density at radius 1 is 1.24 bits per heavy atom. The molecule has 3 fully saturated rings. The summed E-state index contributed by atoms with van der Waals surface area (Å²) in [5, 5.41) is 17.6. The second-order valence-electron chi connectivity index (χ2n) is 8.70. The summed E-state index contributed by atoms with van der Waals surface area (Å²) in [4.78, 5) is 30.7. The average Bonchev–Trinajstić information content (AvgIpc) is 3.52. The number of aliphatic carboxylic acids is 1. The second kappa shape index (κ2) is 5.89. The molecule has 0 unspecified atom stereocenters. The van der Waals surface area contributed by atoms with Crippen LogP contribution in [0.15, 0.2) is 4.52 Å². The third kappa shape index (κ3) is 2.40. The molecule has 3 aliphatic carbocycles. The summed E-state index contributed by atoms with van der Waals surface area (Å²) in [5.41, 5.74) is 0.204. The highest BCUT2D eigenvalue weighted by molar-refractivity contribution is 7.17. The molecule has 0 saturated heterocycles. The Morgan fingerprint density at radius 3 is 2.83 bits per heavy atom. The summed E-state index contributed by atoms with van der Waals surface area (Å²) in [6, 6.07) is 0. The van der Waals surface area contributed by atoms with Gasteiger partial charge in [0.2, 0.25) is 5.91 Å². The highest BCUT2D eigenvalue weighted by Crippen LogP contribution is 2.74. The maximum atomic E-state index is 13.2. The molecule has 0 radical (unpaired) electrons. The zero-order chi connectivity index (χ0) is 19.8. The predicted octanol–water partition coefficient (Wildman–Crippen LogP) is 3.33. The molecule has 0 aromatic carbocycles. The smallest absolute Gasteiger partial charge is 0.310 e. The summed E-state index contributed by atoms with van der Waals surface area (Å²) in [7, 11) is 0. The fraction of sp³-hybridized carbons (Fsp3) is 0.600. The Bertz CT molecular complexity index is 1040. The van der Waals surface area contributed by atoms with Gasteiger partial charge in [0.05, 0.1) is 29.6 Å². The molecule has 9 heteroatoms. The van der Waals surface area contributed by atoms with E-state index in [-0.39, 0.29) is 5.91 Å². The Morgan fingerprint density at radius 2 is 2.07 bits per heavy atom. The lowest BCUT2D eigenvalue weighted by atomic mass is 9.95. The maximum Gasteiger partial charge on any atom is 0.310 e. The van der Waals surface area contributed by atoms with Gasteiger partial charge in [-0.1, -0.05) is 11.6 Å². The van der Waals surface area contributed by atoms with Crippen LogP contribution in [0.4, 0.5) is 5.00 Å². The van der Waals surface area contributed by atoms with Crippen LogP contribution >= 0.6 is 11.3 Å². The van der Waals surface area contributed by atoms with Crippen LogP contribution in [0.2, 0.25) is 0 Å². The number of anilines is 1. The van der Waals surface area contributed by atoms with Crippen LogP contribution in [0.3, 0.4) is 0 Å². The molecule has 4 aliphatic rings. The number of hydrogen-bond acceptors (Lipinski definition) is 7. The Labute approximate surface area is 170 Å². The van der Waals surface area contributed by atoms with Crippen molar-refractivity contribution in [3.63, 3.8) is 0 Å². The highest BCUT2D eigenvalue weighted by Gasteiger charge is 2.78. The van der Waals surface area contributed by atoms with Crippen molar-refractivity contribution in [2.24, 2.45) is 10.8 Å². The second-order valence-corrected chi connectivity index (χ2v) is 9.80. The van der Waals surface area contributed by atoms with Crippen molar-refractivity contribution >= 4 is 28.2 Å². The summed E-state index contributed by atoms with van der Waals surface area (Å²) in [6.07, 6.45) is 5.29. The Balaban J connectivity index is 1.36. The van der Waals surface area contributed by atoms with E-state index >= 15 is 0 Å². The first-order chi connectivity index (χ1) is 14.0. The van der Waals surface area contributed by atoms with Gasteiger partial charge in [-0.2, -0.15) is 4.98 Å². The molecule has 152 valence electrons. The number of carboxylic acid groups (broad SMARTS) is 1. The molecule has 2 aromatic heterocycles. The van der Waals surface area contributed by atoms with E-state index in [4.69, 9.17) is 9.26 Å². The molecule has 3 saturated carbocycles. The quantitative estimate of drug-likeness (QED) is 0.770. The van der Waals surface area contributed by atoms with E-state index in [0.29, 0.717) is 49.3 Å². The topological polar surface area (TPSA) is 115 Å². The lowest BCUT2D eigenvalue weighted by Gasteiger charge is -2.15. The third-order valence-electron chi connectivity index (χ3n) is 7.09.